The summed E-state index contributed by atoms with van der Waals surface area (Å²) in [7, 11) is 6.30. The Hall–Kier alpha value is -1.81. The van der Waals surface area contributed by atoms with Gasteiger partial charge in [-0.05, 0) is 87.2 Å². The molecule has 1 aromatic carbocycles. The lowest BCUT2D eigenvalue weighted by Gasteiger charge is -2.25. The van der Waals surface area contributed by atoms with E-state index in [1.807, 2.05) is 7.05 Å². The fraction of sp³-hybridized carbons (Fsp3) is 0.636. The molecular weight excluding hydrogens is 410 g/mol. The zero-order chi connectivity index (χ0) is 21.4. The number of H-pyrrole nitrogens is 1. The highest BCUT2D eigenvalue weighted by molar-refractivity contribution is 7.92. The van der Waals surface area contributed by atoms with Crippen LogP contribution in [0.5, 0.6) is 6.01 Å². The van der Waals surface area contributed by atoms with E-state index in [1.54, 1.807) is 0 Å². The van der Waals surface area contributed by atoms with Gasteiger partial charge in [-0.25, -0.2) is 10.1 Å². The van der Waals surface area contributed by atoms with Crippen molar-refractivity contribution in [3.63, 3.8) is 0 Å². The molecule has 2 heterocycles. The van der Waals surface area contributed by atoms with Crippen molar-refractivity contribution < 1.29 is 4.18 Å². The van der Waals surface area contributed by atoms with Gasteiger partial charge in [0, 0.05) is 32.4 Å². The van der Waals surface area contributed by atoms with E-state index in [1.165, 1.54) is 72.3 Å². The Morgan fingerprint density at radius 2 is 1.90 bits per heavy atom. The number of aromatic nitrogens is 3. The number of hydrazine groups is 1. The number of hydrogen-bond donors (Lipinski definition) is 2. The van der Waals surface area contributed by atoms with Crippen molar-refractivity contribution in [2.75, 3.05) is 46.1 Å². The second kappa shape index (κ2) is 8.97. The highest BCUT2D eigenvalue weighted by Crippen LogP contribution is 2.39. The minimum absolute atomic E-state index is 0.354. The molecule has 2 aromatic rings. The lowest BCUT2D eigenvalue weighted by atomic mass is 9.99. The number of aromatic amines is 1. The molecule has 5 rings (SSSR count). The molecule has 2 N–H and O–H groups in total. The Morgan fingerprint density at radius 1 is 1.16 bits per heavy atom. The van der Waals surface area contributed by atoms with Gasteiger partial charge >= 0.3 is 6.01 Å². The minimum atomic E-state index is 0.354. The van der Waals surface area contributed by atoms with Crippen molar-refractivity contribution in [1.29, 1.82) is 0 Å². The van der Waals surface area contributed by atoms with Gasteiger partial charge in [0.1, 0.15) is 0 Å². The zero-order valence-corrected chi connectivity index (χ0v) is 19.6. The van der Waals surface area contributed by atoms with Gasteiger partial charge in [-0.1, -0.05) is 6.07 Å². The number of nitrogens with zero attached hydrogens (tertiary/aromatic N) is 5. The van der Waals surface area contributed by atoms with Crippen LogP contribution in [0.3, 0.4) is 0 Å². The zero-order valence-electron chi connectivity index (χ0n) is 18.8. The molecule has 8 nitrogen and oxygen atoms in total. The Balaban J connectivity index is 1.19. The predicted molar refractivity (Wildman–Crippen MR) is 124 cm³/mol. The van der Waals surface area contributed by atoms with E-state index >= 15 is 0 Å². The Labute approximate surface area is 189 Å². The van der Waals surface area contributed by atoms with Crippen LogP contribution < -0.4 is 9.50 Å². The first-order valence-electron chi connectivity index (χ1n) is 11.4. The number of rotatable bonds is 8. The number of nitrogens with one attached hydrogen (secondary N) is 2. The maximum Gasteiger partial charge on any atom is 0.350 e. The minimum Gasteiger partial charge on any atom is -0.370 e. The van der Waals surface area contributed by atoms with E-state index in [-0.39, 0.29) is 0 Å². The normalized spacial score (nSPS) is 20.6. The predicted octanol–water partition coefficient (Wildman–Crippen LogP) is 3.20. The summed E-state index contributed by atoms with van der Waals surface area (Å²) in [5, 5.41) is 13.1. The van der Waals surface area contributed by atoms with E-state index in [9.17, 15) is 0 Å². The fourth-order valence-corrected chi connectivity index (χ4v) is 5.78. The van der Waals surface area contributed by atoms with Crippen LogP contribution in [0.2, 0.25) is 0 Å². The summed E-state index contributed by atoms with van der Waals surface area (Å²) in [4.78, 5) is 6.80. The highest BCUT2D eigenvalue weighted by Gasteiger charge is 2.27. The Morgan fingerprint density at radius 3 is 2.61 bits per heavy atom. The van der Waals surface area contributed by atoms with Crippen LogP contribution in [0.1, 0.15) is 41.5 Å². The standard InChI is InChI=1S/C22H33N7OS/c1-27(2)13-15-10-11-29(14-15)28(3)31-30-22-24-21(25-26-22)23-20-18-8-4-6-16(18)12-17-7-5-9-19(17)20/h12,15H,4-11,13-14H2,1-3H3,(H2,23,24,25,26). The van der Waals surface area contributed by atoms with E-state index in [0.29, 0.717) is 17.9 Å². The molecule has 1 saturated heterocycles. The smallest absolute Gasteiger partial charge is 0.350 e. The first kappa shape index (κ1) is 21.1. The van der Waals surface area contributed by atoms with Crippen LogP contribution in [0.4, 0.5) is 11.6 Å². The number of hydrogen-bond acceptors (Lipinski definition) is 8. The average Bonchev–Trinajstić information content (AvgIpc) is 3.52. The van der Waals surface area contributed by atoms with E-state index < -0.39 is 0 Å². The molecular formula is C22H33N7OS. The molecule has 9 heteroatoms. The third kappa shape index (κ3) is 4.55. The maximum atomic E-state index is 5.80. The third-order valence-electron chi connectivity index (χ3n) is 6.69. The summed E-state index contributed by atoms with van der Waals surface area (Å²) >= 11 is 1.28. The summed E-state index contributed by atoms with van der Waals surface area (Å²) in [6.07, 6.45) is 8.37. The van der Waals surface area contributed by atoms with Crippen molar-refractivity contribution in [3.8, 4) is 6.01 Å². The van der Waals surface area contributed by atoms with Crippen molar-refractivity contribution in [3.05, 3.63) is 28.3 Å². The first-order valence-corrected chi connectivity index (χ1v) is 12.1. The summed E-state index contributed by atoms with van der Waals surface area (Å²) in [6, 6.07) is 2.80. The summed E-state index contributed by atoms with van der Waals surface area (Å²) in [5.74, 6) is 1.35. The van der Waals surface area contributed by atoms with Crippen molar-refractivity contribution in [2.24, 2.45) is 5.92 Å². The first-order chi connectivity index (χ1) is 15.1. The van der Waals surface area contributed by atoms with Gasteiger partial charge in [-0.15, -0.1) is 5.10 Å². The maximum absolute atomic E-state index is 5.80. The molecule has 1 aromatic heterocycles. The Bertz CT molecular complexity index is 899. The molecule has 0 spiro atoms. The van der Waals surface area contributed by atoms with Crippen LogP contribution in [0, 0.1) is 5.92 Å². The molecule has 3 aliphatic rings. The molecule has 31 heavy (non-hydrogen) atoms. The topological polar surface area (TPSA) is 72.6 Å². The molecule has 0 bridgehead atoms. The average molecular weight is 444 g/mol. The largest absolute Gasteiger partial charge is 0.370 e. The Kier molecular flexibility index (Phi) is 6.10. The number of fused-ring (bicyclic) bond motifs is 2. The monoisotopic (exact) mass is 443 g/mol. The quantitative estimate of drug-likeness (QED) is 0.476. The molecule has 1 unspecified atom stereocenters. The van der Waals surface area contributed by atoms with Crippen LogP contribution in [0.15, 0.2) is 6.07 Å². The molecule has 168 valence electrons. The van der Waals surface area contributed by atoms with Gasteiger partial charge in [-0.3, -0.25) is 0 Å². The molecule has 0 amide bonds. The van der Waals surface area contributed by atoms with Crippen molar-refractivity contribution in [2.45, 2.75) is 44.9 Å². The molecule has 1 aliphatic heterocycles. The number of aryl methyl sites for hydroxylation is 2. The van der Waals surface area contributed by atoms with Gasteiger partial charge in [-0.2, -0.15) is 9.40 Å². The van der Waals surface area contributed by atoms with Crippen LogP contribution in [0.25, 0.3) is 0 Å². The fourth-order valence-electron chi connectivity index (χ4n) is 5.29. The molecule has 0 radical (unpaired) electrons. The second-order valence-electron chi connectivity index (χ2n) is 9.28. The summed E-state index contributed by atoms with van der Waals surface area (Å²) in [6.45, 7) is 3.23. The van der Waals surface area contributed by atoms with Crippen molar-refractivity contribution in [1.82, 2.24) is 29.5 Å². The SMILES string of the molecule is CN(C)CC1CCN(N(C)SOc2n[nH]c(Nc3c4c(cc5c3CCC5)CCC4)n2)C1. The molecule has 1 fully saturated rings. The van der Waals surface area contributed by atoms with Gasteiger partial charge < -0.3 is 14.4 Å². The molecule has 0 saturated carbocycles. The summed E-state index contributed by atoms with van der Waals surface area (Å²) < 4.78 is 7.85. The van der Waals surface area contributed by atoms with E-state index in [0.717, 1.165) is 32.5 Å². The third-order valence-corrected chi connectivity index (χ3v) is 7.36. The lowest BCUT2D eigenvalue weighted by molar-refractivity contribution is 0.118. The van der Waals surface area contributed by atoms with E-state index in [2.05, 4.69) is 55.0 Å². The van der Waals surface area contributed by atoms with Crippen LogP contribution in [-0.2, 0) is 25.7 Å². The summed E-state index contributed by atoms with van der Waals surface area (Å²) in [5.41, 5.74) is 7.22. The lowest BCUT2D eigenvalue weighted by Crippen LogP contribution is -2.34. The van der Waals surface area contributed by atoms with Crippen molar-refractivity contribution >= 4 is 23.9 Å². The van der Waals surface area contributed by atoms with Gasteiger partial charge in [0.25, 0.3) is 0 Å². The van der Waals surface area contributed by atoms with E-state index in [4.69, 9.17) is 4.18 Å². The van der Waals surface area contributed by atoms with Gasteiger partial charge in [0.2, 0.25) is 5.95 Å². The van der Waals surface area contributed by atoms with Crippen LogP contribution >= 0.6 is 12.2 Å². The van der Waals surface area contributed by atoms with Crippen LogP contribution in [-0.4, -0.2) is 70.3 Å². The number of benzene rings is 1. The molecule has 2 aliphatic carbocycles. The highest BCUT2D eigenvalue weighted by atomic mass is 32.2. The second-order valence-corrected chi connectivity index (χ2v) is 10.1. The van der Waals surface area contributed by atoms with Gasteiger partial charge in [0.15, 0.2) is 12.2 Å². The number of anilines is 2. The molecule has 1 atom stereocenters. The van der Waals surface area contributed by atoms with Gasteiger partial charge in [0.05, 0.1) is 0 Å².